The van der Waals surface area contributed by atoms with Gasteiger partial charge in [0.25, 0.3) is 0 Å². The first-order valence-corrected chi connectivity index (χ1v) is 9.61. The molecular formula is C15H16ClFN4O2S. The summed E-state index contributed by atoms with van der Waals surface area (Å²) < 4.78 is 42.3. The third kappa shape index (κ3) is 2.53. The normalized spacial score (nSPS) is 21.7. The summed E-state index contributed by atoms with van der Waals surface area (Å²) in [6.45, 7) is 2.53. The van der Waals surface area contributed by atoms with Gasteiger partial charge in [-0.2, -0.15) is 9.40 Å². The molecule has 0 saturated heterocycles. The third-order valence-corrected chi connectivity index (χ3v) is 6.75. The monoisotopic (exact) mass is 370 g/mol. The van der Waals surface area contributed by atoms with Gasteiger partial charge in [-0.05, 0) is 38.0 Å². The van der Waals surface area contributed by atoms with E-state index in [-0.39, 0.29) is 9.92 Å². The molecule has 1 aliphatic carbocycles. The van der Waals surface area contributed by atoms with Crippen molar-refractivity contribution in [2.45, 2.75) is 43.2 Å². The molecular weight excluding hydrogens is 355 g/mol. The van der Waals surface area contributed by atoms with Crippen molar-refractivity contribution in [2.24, 2.45) is 0 Å². The van der Waals surface area contributed by atoms with Gasteiger partial charge in [-0.1, -0.05) is 11.6 Å². The number of rotatable bonds is 3. The van der Waals surface area contributed by atoms with Crippen molar-refractivity contribution in [3.63, 3.8) is 0 Å². The molecule has 9 heteroatoms. The maximum absolute atomic E-state index is 13.3. The summed E-state index contributed by atoms with van der Waals surface area (Å²) in [5.74, 6) is 1.23. The zero-order valence-electron chi connectivity index (χ0n) is 13.0. The molecule has 1 aromatic carbocycles. The number of sulfonamides is 1. The molecule has 0 bridgehead atoms. The summed E-state index contributed by atoms with van der Waals surface area (Å²) >= 11 is 5.74. The Hall–Kier alpha value is -1.51. The van der Waals surface area contributed by atoms with Gasteiger partial charge in [0, 0.05) is 12.5 Å². The average Bonchev–Trinajstić information content (AvgIpc) is 3.29. The molecule has 1 aliphatic heterocycles. The molecule has 1 atom stereocenters. The smallest absolute Gasteiger partial charge is 0.243 e. The molecule has 1 saturated carbocycles. The van der Waals surface area contributed by atoms with Crippen molar-refractivity contribution >= 4 is 21.6 Å². The Morgan fingerprint density at radius 1 is 1.29 bits per heavy atom. The minimum absolute atomic E-state index is 0.0175. The van der Waals surface area contributed by atoms with E-state index in [1.54, 1.807) is 11.6 Å². The van der Waals surface area contributed by atoms with E-state index in [9.17, 15) is 12.8 Å². The lowest BCUT2D eigenvalue weighted by atomic mass is 10.2. The fraction of sp³-hybridized carbons (Fsp3) is 0.467. The highest BCUT2D eigenvalue weighted by atomic mass is 35.5. The summed E-state index contributed by atoms with van der Waals surface area (Å²) in [5.41, 5.74) is 0. The summed E-state index contributed by atoms with van der Waals surface area (Å²) in [6.07, 6.45) is 2.18. The van der Waals surface area contributed by atoms with Crippen LogP contribution in [0.15, 0.2) is 23.1 Å². The summed E-state index contributed by atoms with van der Waals surface area (Å²) in [5, 5.41) is 4.28. The van der Waals surface area contributed by atoms with Crippen LogP contribution < -0.4 is 0 Å². The second kappa shape index (κ2) is 5.50. The molecule has 1 aromatic heterocycles. The Morgan fingerprint density at radius 2 is 2.04 bits per heavy atom. The van der Waals surface area contributed by atoms with Crippen molar-refractivity contribution in [1.29, 1.82) is 0 Å². The number of hydrogen-bond acceptors (Lipinski definition) is 4. The van der Waals surface area contributed by atoms with Gasteiger partial charge in [-0.15, -0.1) is 0 Å². The summed E-state index contributed by atoms with van der Waals surface area (Å²) in [4.78, 5) is 4.53. The predicted octanol–water partition coefficient (Wildman–Crippen LogP) is 2.71. The molecule has 4 rings (SSSR count). The number of halogens is 2. The predicted molar refractivity (Wildman–Crippen MR) is 85.7 cm³/mol. The van der Waals surface area contributed by atoms with Crippen molar-refractivity contribution in [2.75, 3.05) is 6.54 Å². The van der Waals surface area contributed by atoms with Gasteiger partial charge >= 0.3 is 0 Å². The Bertz CT molecular complexity index is 910. The lowest BCUT2D eigenvalue weighted by Gasteiger charge is -2.31. The molecule has 0 amide bonds. The molecule has 2 heterocycles. The Kier molecular flexibility index (Phi) is 3.67. The van der Waals surface area contributed by atoms with Crippen LogP contribution in [-0.2, 0) is 16.6 Å². The molecule has 1 fully saturated rings. The van der Waals surface area contributed by atoms with Crippen molar-refractivity contribution in [1.82, 2.24) is 19.1 Å². The zero-order valence-corrected chi connectivity index (χ0v) is 14.6. The van der Waals surface area contributed by atoms with Gasteiger partial charge in [-0.3, -0.25) is 0 Å². The molecule has 0 N–H and O–H groups in total. The summed E-state index contributed by atoms with van der Waals surface area (Å²) in [6, 6.07) is 3.01. The quantitative estimate of drug-likeness (QED) is 0.833. The van der Waals surface area contributed by atoms with Crippen LogP contribution in [-0.4, -0.2) is 34.0 Å². The molecule has 0 radical (unpaired) electrons. The van der Waals surface area contributed by atoms with Crippen LogP contribution in [0.2, 0.25) is 5.02 Å². The Balaban J connectivity index is 1.69. The Labute approximate surface area is 144 Å². The third-order valence-electron chi connectivity index (χ3n) is 4.49. The van der Waals surface area contributed by atoms with E-state index in [4.69, 9.17) is 11.6 Å². The largest absolute Gasteiger partial charge is 0.247 e. The van der Waals surface area contributed by atoms with Gasteiger partial charge in [0.15, 0.2) is 5.82 Å². The number of hydrogen-bond donors (Lipinski definition) is 0. The number of fused-ring (bicyclic) bond motifs is 1. The van der Waals surface area contributed by atoms with E-state index >= 15 is 0 Å². The molecule has 0 spiro atoms. The molecule has 2 aliphatic rings. The van der Waals surface area contributed by atoms with E-state index in [0.717, 1.165) is 30.8 Å². The number of nitrogens with zero attached hydrogens (tertiary/aromatic N) is 4. The maximum atomic E-state index is 13.3. The average molecular weight is 371 g/mol. The van der Waals surface area contributed by atoms with E-state index in [1.165, 1.54) is 10.4 Å². The van der Waals surface area contributed by atoms with Crippen molar-refractivity contribution in [3.8, 4) is 0 Å². The first kappa shape index (κ1) is 16.0. The lowest BCUT2D eigenvalue weighted by Crippen LogP contribution is -2.41. The van der Waals surface area contributed by atoms with E-state index in [0.29, 0.717) is 24.8 Å². The second-order valence-electron chi connectivity index (χ2n) is 6.19. The maximum Gasteiger partial charge on any atom is 0.243 e. The minimum atomic E-state index is -3.79. The first-order chi connectivity index (χ1) is 11.4. The second-order valence-corrected chi connectivity index (χ2v) is 8.49. The minimum Gasteiger partial charge on any atom is -0.247 e. The van der Waals surface area contributed by atoms with Crippen LogP contribution in [0.3, 0.4) is 0 Å². The van der Waals surface area contributed by atoms with Gasteiger partial charge in [0.05, 0.1) is 22.5 Å². The lowest BCUT2D eigenvalue weighted by molar-refractivity contribution is 0.265. The van der Waals surface area contributed by atoms with Gasteiger partial charge in [0.1, 0.15) is 11.6 Å². The van der Waals surface area contributed by atoms with Crippen LogP contribution in [0, 0.1) is 5.82 Å². The summed E-state index contributed by atoms with van der Waals surface area (Å²) in [7, 11) is -3.79. The molecule has 6 nitrogen and oxygen atoms in total. The van der Waals surface area contributed by atoms with E-state index < -0.39 is 21.9 Å². The molecule has 2 aromatic rings. The van der Waals surface area contributed by atoms with E-state index in [1.807, 2.05) is 0 Å². The van der Waals surface area contributed by atoms with Crippen molar-refractivity contribution < 1.29 is 12.8 Å². The molecule has 128 valence electrons. The molecule has 24 heavy (non-hydrogen) atoms. The number of aromatic nitrogens is 3. The highest BCUT2D eigenvalue weighted by Crippen LogP contribution is 2.39. The van der Waals surface area contributed by atoms with Gasteiger partial charge in [0.2, 0.25) is 10.0 Å². The fourth-order valence-corrected chi connectivity index (χ4v) is 4.83. The SMILES string of the molecule is C[C@@H]1c2nc(C3CC3)nn2CCN1S(=O)(=O)c1ccc(F)c(Cl)c1. The standard InChI is InChI=1S/C15H16ClFN4O2S/c1-9-15-18-14(10-2-3-10)19-20(15)6-7-21(9)24(22,23)11-4-5-13(17)12(16)8-11/h4-5,8-10H,2-3,6-7H2,1H3/t9-/m1/s1. The Morgan fingerprint density at radius 3 is 2.71 bits per heavy atom. The van der Waals surface area contributed by atoms with Gasteiger partial charge in [-0.25, -0.2) is 22.5 Å². The highest BCUT2D eigenvalue weighted by Gasteiger charge is 2.38. The molecule has 0 unspecified atom stereocenters. The van der Waals surface area contributed by atoms with Crippen LogP contribution >= 0.6 is 11.6 Å². The van der Waals surface area contributed by atoms with Crippen LogP contribution in [0.25, 0.3) is 0 Å². The van der Waals surface area contributed by atoms with E-state index in [2.05, 4.69) is 10.1 Å². The zero-order chi connectivity index (χ0) is 17.1. The van der Waals surface area contributed by atoms with Crippen LogP contribution in [0.4, 0.5) is 4.39 Å². The topological polar surface area (TPSA) is 68.1 Å². The van der Waals surface area contributed by atoms with Gasteiger partial charge < -0.3 is 0 Å². The van der Waals surface area contributed by atoms with Crippen LogP contribution in [0.5, 0.6) is 0 Å². The van der Waals surface area contributed by atoms with Crippen LogP contribution in [0.1, 0.15) is 43.4 Å². The van der Waals surface area contributed by atoms with Crippen molar-refractivity contribution in [3.05, 3.63) is 40.7 Å². The highest BCUT2D eigenvalue weighted by molar-refractivity contribution is 7.89. The first-order valence-electron chi connectivity index (χ1n) is 7.79. The number of benzene rings is 1. The fourth-order valence-electron chi connectivity index (χ4n) is 2.98.